The number of nitro groups is 1. The normalized spacial score (nSPS) is 11.7. The molecule has 1 rings (SSSR count). The van der Waals surface area contributed by atoms with Gasteiger partial charge in [-0.05, 0) is 25.0 Å². The van der Waals surface area contributed by atoms with Crippen molar-refractivity contribution in [3.8, 4) is 5.75 Å². The minimum absolute atomic E-state index is 0.0673. The summed E-state index contributed by atoms with van der Waals surface area (Å²) in [6.07, 6.45) is 0.280. The van der Waals surface area contributed by atoms with Gasteiger partial charge in [-0.3, -0.25) is 20.3 Å². The molecule has 3 N–H and O–H groups in total. The first kappa shape index (κ1) is 14.9. The molecule has 0 saturated carbocycles. The molecule has 0 bridgehead atoms. The SMILES string of the molecule is CCCC(Oc1ccc(C)cc1[N+](=O)[O-])C(=O)NN. The second-order valence-corrected chi connectivity index (χ2v) is 4.13. The largest absolute Gasteiger partial charge is 0.473 e. The summed E-state index contributed by atoms with van der Waals surface area (Å²) in [5.74, 6) is 4.63. The van der Waals surface area contributed by atoms with Gasteiger partial charge >= 0.3 is 5.69 Å². The van der Waals surface area contributed by atoms with Gasteiger partial charge < -0.3 is 4.74 Å². The van der Waals surface area contributed by atoms with Crippen LogP contribution in [0.3, 0.4) is 0 Å². The predicted octanol–water partition coefficient (Wildman–Crippen LogP) is 1.44. The molecule has 7 nitrogen and oxygen atoms in total. The molecule has 0 fully saturated rings. The predicted molar refractivity (Wildman–Crippen MR) is 69.5 cm³/mol. The van der Waals surface area contributed by atoms with Crippen molar-refractivity contribution in [1.29, 1.82) is 0 Å². The number of hydrogen-bond donors (Lipinski definition) is 2. The maximum atomic E-state index is 11.5. The van der Waals surface area contributed by atoms with Crippen LogP contribution in [0.25, 0.3) is 0 Å². The molecule has 19 heavy (non-hydrogen) atoms. The molecule has 1 unspecified atom stereocenters. The monoisotopic (exact) mass is 267 g/mol. The first-order valence-corrected chi connectivity index (χ1v) is 5.91. The molecule has 0 aliphatic carbocycles. The molecule has 1 aromatic carbocycles. The lowest BCUT2D eigenvalue weighted by atomic mass is 10.2. The second-order valence-electron chi connectivity index (χ2n) is 4.13. The molecule has 0 aliphatic heterocycles. The van der Waals surface area contributed by atoms with Crippen molar-refractivity contribution in [1.82, 2.24) is 5.43 Å². The van der Waals surface area contributed by atoms with Crippen molar-refractivity contribution in [2.75, 3.05) is 0 Å². The molecule has 0 aromatic heterocycles. The van der Waals surface area contributed by atoms with Gasteiger partial charge in [0.2, 0.25) is 0 Å². The molecule has 1 aromatic rings. The average molecular weight is 267 g/mol. The summed E-state index contributed by atoms with van der Waals surface area (Å²) in [6.45, 7) is 3.62. The van der Waals surface area contributed by atoms with Gasteiger partial charge in [-0.15, -0.1) is 0 Å². The van der Waals surface area contributed by atoms with E-state index in [0.29, 0.717) is 12.8 Å². The standard InChI is InChI=1S/C12H17N3O4/c1-3-4-11(12(16)14-13)19-10-6-5-8(2)7-9(10)15(17)18/h5-7,11H,3-4,13H2,1-2H3,(H,14,16). The quantitative estimate of drug-likeness (QED) is 0.351. The number of aryl methyl sites for hydroxylation is 1. The van der Waals surface area contributed by atoms with E-state index in [1.807, 2.05) is 12.3 Å². The molecule has 1 atom stereocenters. The van der Waals surface area contributed by atoms with Gasteiger partial charge in [0.05, 0.1) is 4.92 Å². The highest BCUT2D eigenvalue weighted by molar-refractivity contribution is 5.80. The van der Waals surface area contributed by atoms with E-state index in [9.17, 15) is 14.9 Å². The van der Waals surface area contributed by atoms with Crippen molar-refractivity contribution >= 4 is 11.6 Å². The van der Waals surface area contributed by atoms with E-state index < -0.39 is 16.9 Å². The lowest BCUT2D eigenvalue weighted by Gasteiger charge is -2.16. The lowest BCUT2D eigenvalue weighted by molar-refractivity contribution is -0.386. The lowest BCUT2D eigenvalue weighted by Crippen LogP contribution is -2.42. The molecule has 1 amide bonds. The van der Waals surface area contributed by atoms with Gasteiger partial charge in [-0.25, -0.2) is 5.84 Å². The summed E-state index contributed by atoms with van der Waals surface area (Å²) in [5.41, 5.74) is 2.58. The Balaban J connectivity index is 3.02. The number of rotatable bonds is 6. The van der Waals surface area contributed by atoms with Crippen molar-refractivity contribution in [2.45, 2.75) is 32.8 Å². The Kier molecular flexibility index (Phi) is 5.25. The number of benzene rings is 1. The summed E-state index contributed by atoms with van der Waals surface area (Å²) in [4.78, 5) is 21.9. The Hall–Kier alpha value is -2.15. The van der Waals surface area contributed by atoms with Crippen molar-refractivity contribution in [3.63, 3.8) is 0 Å². The average Bonchev–Trinajstić information content (AvgIpc) is 2.38. The maximum absolute atomic E-state index is 11.5. The van der Waals surface area contributed by atoms with Crippen LogP contribution in [-0.4, -0.2) is 16.9 Å². The molecular weight excluding hydrogens is 250 g/mol. The van der Waals surface area contributed by atoms with Crippen molar-refractivity contribution in [3.05, 3.63) is 33.9 Å². The highest BCUT2D eigenvalue weighted by Gasteiger charge is 2.23. The van der Waals surface area contributed by atoms with E-state index in [4.69, 9.17) is 10.6 Å². The number of amides is 1. The highest BCUT2D eigenvalue weighted by Crippen LogP contribution is 2.29. The van der Waals surface area contributed by atoms with Crippen LogP contribution in [0.2, 0.25) is 0 Å². The number of carbonyl (C=O) groups is 1. The van der Waals surface area contributed by atoms with Crippen molar-refractivity contribution < 1.29 is 14.5 Å². The third kappa shape index (κ3) is 3.92. The van der Waals surface area contributed by atoms with Crippen LogP contribution in [0.15, 0.2) is 18.2 Å². The van der Waals surface area contributed by atoms with E-state index in [-0.39, 0.29) is 11.4 Å². The number of nitrogens with one attached hydrogen (secondary N) is 1. The van der Waals surface area contributed by atoms with Gasteiger partial charge in [0.25, 0.3) is 5.91 Å². The third-order valence-electron chi connectivity index (χ3n) is 2.57. The zero-order valence-corrected chi connectivity index (χ0v) is 10.9. The van der Waals surface area contributed by atoms with E-state index in [1.165, 1.54) is 12.1 Å². The number of nitrogens with two attached hydrogens (primary N) is 1. The summed E-state index contributed by atoms with van der Waals surface area (Å²) in [7, 11) is 0. The summed E-state index contributed by atoms with van der Waals surface area (Å²) < 4.78 is 5.42. The Morgan fingerprint density at radius 1 is 1.58 bits per heavy atom. The summed E-state index contributed by atoms with van der Waals surface area (Å²) in [6, 6.07) is 4.57. The first-order valence-electron chi connectivity index (χ1n) is 5.91. The van der Waals surface area contributed by atoms with Crippen LogP contribution in [-0.2, 0) is 4.79 Å². The number of ether oxygens (including phenoxy) is 1. The Morgan fingerprint density at radius 2 is 2.26 bits per heavy atom. The van der Waals surface area contributed by atoms with Gasteiger partial charge in [-0.1, -0.05) is 19.4 Å². The van der Waals surface area contributed by atoms with Crippen LogP contribution in [0, 0.1) is 17.0 Å². The summed E-state index contributed by atoms with van der Waals surface area (Å²) in [5, 5.41) is 11.0. The Bertz CT molecular complexity index is 476. The molecule has 0 radical (unpaired) electrons. The number of nitrogens with zero attached hydrogens (tertiary/aromatic N) is 1. The van der Waals surface area contributed by atoms with E-state index in [0.717, 1.165) is 5.56 Å². The molecular formula is C12H17N3O4. The zero-order valence-electron chi connectivity index (χ0n) is 10.9. The second kappa shape index (κ2) is 6.69. The van der Waals surface area contributed by atoms with E-state index >= 15 is 0 Å². The molecule has 0 heterocycles. The molecule has 0 saturated heterocycles. The first-order chi connectivity index (χ1) is 8.99. The fourth-order valence-corrected chi connectivity index (χ4v) is 1.62. The number of hydrogen-bond acceptors (Lipinski definition) is 5. The zero-order chi connectivity index (χ0) is 14.4. The van der Waals surface area contributed by atoms with E-state index in [1.54, 1.807) is 13.0 Å². The Labute approximate surface area is 110 Å². The molecule has 7 heteroatoms. The summed E-state index contributed by atoms with van der Waals surface area (Å²) >= 11 is 0. The number of nitro benzene ring substituents is 1. The van der Waals surface area contributed by atoms with Gasteiger partial charge in [0.1, 0.15) is 0 Å². The Morgan fingerprint density at radius 3 is 2.79 bits per heavy atom. The third-order valence-corrected chi connectivity index (χ3v) is 2.57. The van der Waals surface area contributed by atoms with Gasteiger partial charge in [0.15, 0.2) is 11.9 Å². The van der Waals surface area contributed by atoms with Gasteiger partial charge in [-0.2, -0.15) is 0 Å². The smallest absolute Gasteiger partial charge is 0.311 e. The van der Waals surface area contributed by atoms with E-state index in [2.05, 4.69) is 0 Å². The molecule has 0 aliphatic rings. The number of carbonyl (C=O) groups excluding carboxylic acids is 1. The van der Waals surface area contributed by atoms with Crippen molar-refractivity contribution in [2.24, 2.45) is 5.84 Å². The van der Waals surface area contributed by atoms with Gasteiger partial charge in [0, 0.05) is 6.07 Å². The maximum Gasteiger partial charge on any atom is 0.311 e. The fourth-order valence-electron chi connectivity index (χ4n) is 1.62. The highest BCUT2D eigenvalue weighted by atomic mass is 16.6. The number of hydrazine groups is 1. The minimum Gasteiger partial charge on any atom is -0.473 e. The van der Waals surface area contributed by atoms with Crippen LogP contribution in [0.1, 0.15) is 25.3 Å². The van der Waals surface area contributed by atoms with Crippen LogP contribution in [0.4, 0.5) is 5.69 Å². The molecule has 104 valence electrons. The molecule has 0 spiro atoms. The minimum atomic E-state index is -0.837. The topological polar surface area (TPSA) is 107 Å². The fraction of sp³-hybridized carbons (Fsp3) is 0.417. The van der Waals surface area contributed by atoms with Crippen LogP contribution in [0.5, 0.6) is 5.75 Å². The van der Waals surface area contributed by atoms with Crippen LogP contribution >= 0.6 is 0 Å². The van der Waals surface area contributed by atoms with Crippen LogP contribution < -0.4 is 16.0 Å².